The van der Waals surface area contributed by atoms with Gasteiger partial charge in [0.05, 0.1) is 12.4 Å². The zero-order chi connectivity index (χ0) is 15.5. The predicted octanol–water partition coefficient (Wildman–Crippen LogP) is 0.291. The second-order valence-corrected chi connectivity index (χ2v) is 7.36. The number of ether oxygens (including phenoxy) is 1. The Kier molecular flexibility index (Phi) is 5.17. The summed E-state index contributed by atoms with van der Waals surface area (Å²) in [5.74, 6) is 0.795. The van der Waals surface area contributed by atoms with Crippen molar-refractivity contribution in [2.24, 2.45) is 0 Å². The Morgan fingerprint density at radius 1 is 1.24 bits per heavy atom. The highest BCUT2D eigenvalue weighted by Gasteiger charge is 2.28. The summed E-state index contributed by atoms with van der Waals surface area (Å²) < 4.78 is 36.0. The second kappa shape index (κ2) is 6.71. The Morgan fingerprint density at radius 3 is 2.43 bits per heavy atom. The molecule has 1 aromatic heterocycles. The third kappa shape index (κ3) is 3.92. The first-order valence-corrected chi connectivity index (χ1v) is 8.60. The SMILES string of the molecule is COCCS(=O)(=O)N1CCN(c2nnc(C(C)C)o2)CC1. The third-order valence-corrected chi connectivity index (χ3v) is 5.21. The fourth-order valence-corrected chi connectivity index (χ4v) is 3.42. The van der Waals surface area contributed by atoms with Crippen molar-refractivity contribution in [3.05, 3.63) is 5.89 Å². The van der Waals surface area contributed by atoms with Gasteiger partial charge in [-0.2, -0.15) is 4.31 Å². The molecule has 0 spiro atoms. The Bertz CT molecular complexity index is 549. The fourth-order valence-electron chi connectivity index (χ4n) is 2.06. The molecule has 0 radical (unpaired) electrons. The van der Waals surface area contributed by atoms with Crippen LogP contribution in [0.15, 0.2) is 4.42 Å². The van der Waals surface area contributed by atoms with Crippen LogP contribution in [0.2, 0.25) is 0 Å². The van der Waals surface area contributed by atoms with Crippen LogP contribution in [0, 0.1) is 0 Å². The van der Waals surface area contributed by atoms with Crippen molar-refractivity contribution in [2.45, 2.75) is 19.8 Å². The molecule has 0 aromatic carbocycles. The summed E-state index contributed by atoms with van der Waals surface area (Å²) in [6, 6.07) is 0.465. The van der Waals surface area contributed by atoms with Crippen molar-refractivity contribution in [1.82, 2.24) is 14.5 Å². The van der Waals surface area contributed by atoms with Crippen LogP contribution >= 0.6 is 0 Å². The summed E-state index contributed by atoms with van der Waals surface area (Å²) in [5, 5.41) is 8.01. The van der Waals surface area contributed by atoms with Crippen molar-refractivity contribution in [1.29, 1.82) is 0 Å². The van der Waals surface area contributed by atoms with Gasteiger partial charge in [-0.15, -0.1) is 5.10 Å². The molecule has 9 heteroatoms. The molecule has 0 N–H and O–H groups in total. The highest BCUT2D eigenvalue weighted by atomic mass is 32.2. The lowest BCUT2D eigenvalue weighted by Gasteiger charge is -2.32. The average molecular weight is 318 g/mol. The first kappa shape index (κ1) is 16.2. The van der Waals surface area contributed by atoms with Crippen LogP contribution in [0.1, 0.15) is 25.7 Å². The molecule has 0 bridgehead atoms. The number of hydrogen-bond donors (Lipinski definition) is 0. The van der Waals surface area contributed by atoms with E-state index in [2.05, 4.69) is 10.2 Å². The molecule has 0 aliphatic carbocycles. The van der Waals surface area contributed by atoms with Crippen LogP contribution in [0.25, 0.3) is 0 Å². The van der Waals surface area contributed by atoms with Crippen LogP contribution in [-0.2, 0) is 14.8 Å². The number of hydrogen-bond acceptors (Lipinski definition) is 7. The Labute approximate surface area is 125 Å². The van der Waals surface area contributed by atoms with E-state index in [9.17, 15) is 8.42 Å². The molecule has 1 aliphatic rings. The smallest absolute Gasteiger partial charge is 0.318 e. The quantitative estimate of drug-likeness (QED) is 0.745. The van der Waals surface area contributed by atoms with Gasteiger partial charge in [0, 0.05) is 39.2 Å². The zero-order valence-electron chi connectivity index (χ0n) is 12.7. The van der Waals surface area contributed by atoms with Gasteiger partial charge in [-0.1, -0.05) is 18.9 Å². The van der Waals surface area contributed by atoms with Crippen LogP contribution in [0.3, 0.4) is 0 Å². The molecule has 0 unspecified atom stereocenters. The van der Waals surface area contributed by atoms with Gasteiger partial charge in [0.1, 0.15) is 0 Å². The fraction of sp³-hybridized carbons (Fsp3) is 0.833. The van der Waals surface area contributed by atoms with E-state index in [-0.39, 0.29) is 18.3 Å². The van der Waals surface area contributed by atoms with Crippen LogP contribution < -0.4 is 4.90 Å². The number of aromatic nitrogens is 2. The number of anilines is 1. The average Bonchev–Trinajstić information content (AvgIpc) is 2.95. The van der Waals surface area contributed by atoms with Gasteiger partial charge in [-0.3, -0.25) is 0 Å². The monoisotopic (exact) mass is 318 g/mol. The standard InChI is InChI=1S/C12H22N4O4S/c1-10(2)11-13-14-12(20-11)15-4-6-16(7-5-15)21(17,18)9-8-19-3/h10H,4-9H2,1-3H3. The maximum absolute atomic E-state index is 12.1. The first-order chi connectivity index (χ1) is 9.94. The summed E-state index contributed by atoms with van der Waals surface area (Å²) >= 11 is 0. The van der Waals surface area contributed by atoms with E-state index < -0.39 is 10.0 Å². The maximum Gasteiger partial charge on any atom is 0.318 e. The summed E-state index contributed by atoms with van der Waals surface area (Å²) in [6.45, 7) is 6.12. The lowest BCUT2D eigenvalue weighted by atomic mass is 10.2. The third-order valence-electron chi connectivity index (χ3n) is 3.37. The minimum Gasteiger partial charge on any atom is -0.408 e. The Morgan fingerprint density at radius 2 is 1.90 bits per heavy atom. The molecule has 1 fully saturated rings. The highest BCUT2D eigenvalue weighted by molar-refractivity contribution is 7.89. The minimum absolute atomic E-state index is 0.0154. The highest BCUT2D eigenvalue weighted by Crippen LogP contribution is 2.20. The van der Waals surface area contributed by atoms with E-state index in [1.165, 1.54) is 11.4 Å². The van der Waals surface area contributed by atoms with Crippen molar-refractivity contribution < 1.29 is 17.6 Å². The number of methoxy groups -OCH3 is 1. The zero-order valence-corrected chi connectivity index (χ0v) is 13.5. The van der Waals surface area contributed by atoms with Crippen molar-refractivity contribution in [2.75, 3.05) is 50.5 Å². The molecular weight excluding hydrogens is 296 g/mol. The van der Waals surface area contributed by atoms with Gasteiger partial charge in [0.15, 0.2) is 0 Å². The van der Waals surface area contributed by atoms with E-state index in [0.29, 0.717) is 38.1 Å². The predicted molar refractivity (Wildman–Crippen MR) is 77.8 cm³/mol. The largest absolute Gasteiger partial charge is 0.408 e. The molecule has 2 rings (SSSR count). The molecule has 21 heavy (non-hydrogen) atoms. The summed E-state index contributed by atoms with van der Waals surface area (Å²) in [7, 11) is -1.75. The summed E-state index contributed by atoms with van der Waals surface area (Å²) in [6.07, 6.45) is 0. The second-order valence-electron chi connectivity index (χ2n) is 5.27. The van der Waals surface area contributed by atoms with Gasteiger partial charge in [0.2, 0.25) is 15.9 Å². The Balaban J connectivity index is 1.93. The van der Waals surface area contributed by atoms with Crippen molar-refractivity contribution in [3.8, 4) is 0 Å². The number of sulfonamides is 1. The van der Waals surface area contributed by atoms with Crippen LogP contribution in [0.5, 0.6) is 0 Å². The molecule has 1 saturated heterocycles. The van der Waals surface area contributed by atoms with Crippen molar-refractivity contribution >= 4 is 16.0 Å². The van der Waals surface area contributed by atoms with Gasteiger partial charge in [0.25, 0.3) is 0 Å². The van der Waals surface area contributed by atoms with Gasteiger partial charge in [-0.05, 0) is 0 Å². The molecule has 0 saturated carbocycles. The normalized spacial score (nSPS) is 17.6. The van der Waals surface area contributed by atoms with E-state index >= 15 is 0 Å². The molecule has 120 valence electrons. The molecule has 0 atom stereocenters. The first-order valence-electron chi connectivity index (χ1n) is 6.99. The van der Waals surface area contributed by atoms with Crippen LogP contribution in [-0.4, -0.2) is 68.6 Å². The Hall–Kier alpha value is -1.19. The maximum atomic E-state index is 12.1. The molecule has 1 aromatic rings. The minimum atomic E-state index is -3.24. The molecule has 0 amide bonds. The molecular formula is C12H22N4O4S. The number of nitrogens with zero attached hydrogens (tertiary/aromatic N) is 4. The van der Waals surface area contributed by atoms with Gasteiger partial charge < -0.3 is 14.1 Å². The van der Waals surface area contributed by atoms with E-state index in [0.717, 1.165) is 0 Å². The summed E-state index contributed by atoms with van der Waals surface area (Å²) in [4.78, 5) is 1.92. The van der Waals surface area contributed by atoms with Gasteiger partial charge >= 0.3 is 6.01 Å². The number of piperazine rings is 1. The van der Waals surface area contributed by atoms with E-state index in [1.54, 1.807) is 0 Å². The van der Waals surface area contributed by atoms with E-state index in [1.807, 2.05) is 18.7 Å². The van der Waals surface area contributed by atoms with Crippen molar-refractivity contribution in [3.63, 3.8) is 0 Å². The van der Waals surface area contributed by atoms with Gasteiger partial charge in [-0.25, -0.2) is 8.42 Å². The lowest BCUT2D eigenvalue weighted by molar-refractivity contribution is 0.215. The summed E-state index contributed by atoms with van der Waals surface area (Å²) in [5.41, 5.74) is 0. The van der Waals surface area contributed by atoms with E-state index in [4.69, 9.17) is 9.15 Å². The molecule has 1 aliphatic heterocycles. The molecule has 2 heterocycles. The molecule has 8 nitrogen and oxygen atoms in total. The topological polar surface area (TPSA) is 88.8 Å². The number of rotatable bonds is 6. The van der Waals surface area contributed by atoms with Crippen LogP contribution in [0.4, 0.5) is 6.01 Å². The lowest BCUT2D eigenvalue weighted by Crippen LogP contribution is -2.49.